The Balaban J connectivity index is 1.74. The molecule has 0 aliphatic carbocycles. The molecule has 5 N–H and O–H groups in total. The van der Waals surface area contributed by atoms with E-state index in [0.717, 1.165) is 16.5 Å². The minimum Gasteiger partial charge on any atom is -0.480 e. The number of aliphatic carboxylic acids is 1. The molecule has 0 spiro atoms. The number of anilines is 1. The van der Waals surface area contributed by atoms with E-state index in [-0.39, 0.29) is 30.8 Å². The number of carboxylic acids is 1. The van der Waals surface area contributed by atoms with Gasteiger partial charge in [-0.15, -0.1) is 0 Å². The fourth-order valence-electron chi connectivity index (χ4n) is 5.10. The van der Waals surface area contributed by atoms with Crippen molar-refractivity contribution in [2.75, 3.05) is 11.4 Å². The van der Waals surface area contributed by atoms with Gasteiger partial charge in [0.15, 0.2) is 0 Å². The summed E-state index contributed by atoms with van der Waals surface area (Å²) in [6.07, 6.45) is 3.47. The maximum atomic E-state index is 13.7. The zero-order chi connectivity index (χ0) is 26.7. The average Bonchev–Trinajstić information content (AvgIpc) is 3.34. The summed E-state index contributed by atoms with van der Waals surface area (Å²) in [5.41, 5.74) is 3.77. The lowest BCUT2D eigenvalue weighted by Gasteiger charge is -2.31. The molecule has 4 rings (SSSR count). The lowest BCUT2D eigenvalue weighted by Crippen LogP contribution is -2.57. The predicted molar refractivity (Wildman–Crippen MR) is 132 cm³/mol. The van der Waals surface area contributed by atoms with Crippen LogP contribution in [0.1, 0.15) is 18.4 Å². The van der Waals surface area contributed by atoms with Crippen LogP contribution in [0, 0.1) is 22.0 Å². The number of rotatable bonds is 9. The number of urea groups is 1. The van der Waals surface area contributed by atoms with E-state index < -0.39 is 52.2 Å². The molecule has 0 bridgehead atoms. The molecule has 12 nitrogen and oxygen atoms in total. The second-order valence-electron chi connectivity index (χ2n) is 8.90. The Bertz CT molecular complexity index is 1280. The van der Waals surface area contributed by atoms with Crippen LogP contribution in [0.5, 0.6) is 0 Å². The first-order chi connectivity index (χ1) is 17.7. The van der Waals surface area contributed by atoms with Gasteiger partial charge < -0.3 is 16.2 Å². The molecule has 37 heavy (non-hydrogen) atoms. The van der Waals surface area contributed by atoms with Crippen molar-refractivity contribution >= 4 is 41.3 Å². The van der Waals surface area contributed by atoms with Gasteiger partial charge in [-0.25, -0.2) is 9.69 Å². The standard InChI is InChI=1S/C25H25N5O7/c26-24(35)27-13-5-12-25(23(33)34)20-19(18(28-25)11-10-15-6-2-1-3-7-15)21(31)29(22(20)32)16-8-4-9-17(14-16)30(36)37/h1-4,6-11,14,18-20,28H,5,12-13H2,(H,33,34)(H3,26,27,35). The summed E-state index contributed by atoms with van der Waals surface area (Å²) in [7, 11) is 0. The number of primary amides is 1. The SMILES string of the molecule is NC(=O)NCCCC1(C(=O)O)NC(C=Cc2ccccc2)C2C(=O)N(c3cccc([N+](=O)[O-])c3)C(=O)C21. The number of carboxylic acid groups (broad SMARTS) is 1. The Morgan fingerprint density at radius 3 is 2.54 bits per heavy atom. The quantitative estimate of drug-likeness (QED) is 0.171. The van der Waals surface area contributed by atoms with E-state index in [9.17, 15) is 34.4 Å². The number of hydrogen-bond acceptors (Lipinski definition) is 7. The maximum absolute atomic E-state index is 13.7. The predicted octanol–water partition coefficient (Wildman–Crippen LogP) is 1.66. The van der Waals surface area contributed by atoms with Crippen LogP contribution in [-0.2, 0) is 14.4 Å². The number of fused-ring (bicyclic) bond motifs is 1. The van der Waals surface area contributed by atoms with Crippen molar-refractivity contribution in [1.82, 2.24) is 10.6 Å². The number of nitrogens with two attached hydrogens (primary N) is 1. The minimum atomic E-state index is -1.82. The zero-order valence-corrected chi connectivity index (χ0v) is 19.6. The number of hydrogen-bond donors (Lipinski definition) is 4. The van der Waals surface area contributed by atoms with Crippen molar-refractivity contribution in [3.8, 4) is 0 Å². The molecule has 2 aromatic rings. The summed E-state index contributed by atoms with van der Waals surface area (Å²) >= 11 is 0. The summed E-state index contributed by atoms with van der Waals surface area (Å²) in [6.45, 7) is 0.0741. The normalized spacial score (nSPS) is 24.9. The van der Waals surface area contributed by atoms with Crippen molar-refractivity contribution in [1.29, 1.82) is 0 Å². The number of carbonyl (C=O) groups excluding carboxylic acids is 3. The molecule has 2 aliphatic heterocycles. The molecule has 2 aliphatic rings. The van der Waals surface area contributed by atoms with Gasteiger partial charge in [-0.3, -0.25) is 29.8 Å². The van der Waals surface area contributed by atoms with E-state index in [1.54, 1.807) is 12.2 Å². The van der Waals surface area contributed by atoms with E-state index in [1.807, 2.05) is 30.3 Å². The first-order valence-electron chi connectivity index (χ1n) is 11.6. The average molecular weight is 508 g/mol. The largest absolute Gasteiger partial charge is 0.480 e. The highest BCUT2D eigenvalue weighted by molar-refractivity contribution is 6.24. The van der Waals surface area contributed by atoms with Crippen molar-refractivity contribution < 1.29 is 29.2 Å². The van der Waals surface area contributed by atoms with E-state index in [4.69, 9.17) is 5.73 Å². The molecule has 4 atom stereocenters. The van der Waals surface area contributed by atoms with Crippen LogP contribution in [0.2, 0.25) is 0 Å². The van der Waals surface area contributed by atoms with Crippen LogP contribution in [0.15, 0.2) is 60.7 Å². The number of non-ortho nitro benzene ring substituents is 1. The molecule has 0 aromatic heterocycles. The number of amides is 4. The topological polar surface area (TPSA) is 185 Å². The summed E-state index contributed by atoms with van der Waals surface area (Å²) in [6, 6.07) is 12.7. The number of nitro groups is 1. The van der Waals surface area contributed by atoms with E-state index >= 15 is 0 Å². The molecule has 2 fully saturated rings. The Labute approximate surface area is 211 Å². The van der Waals surface area contributed by atoms with Crippen molar-refractivity contribution in [2.45, 2.75) is 24.4 Å². The Kier molecular flexibility index (Phi) is 7.02. The first-order valence-corrected chi connectivity index (χ1v) is 11.6. The third-order valence-electron chi connectivity index (χ3n) is 6.72. The molecule has 2 saturated heterocycles. The van der Waals surface area contributed by atoms with Gasteiger partial charge in [-0.05, 0) is 24.5 Å². The number of nitrogens with one attached hydrogen (secondary N) is 2. The number of nitrogens with zero attached hydrogens (tertiary/aromatic N) is 2. The monoisotopic (exact) mass is 507 g/mol. The highest BCUT2D eigenvalue weighted by Gasteiger charge is 2.67. The summed E-state index contributed by atoms with van der Waals surface area (Å²) in [5.74, 6) is -5.07. The van der Waals surface area contributed by atoms with Crippen LogP contribution >= 0.6 is 0 Å². The van der Waals surface area contributed by atoms with Gasteiger partial charge in [-0.1, -0.05) is 48.6 Å². The number of benzene rings is 2. The highest BCUT2D eigenvalue weighted by atomic mass is 16.6. The molecular weight excluding hydrogens is 482 g/mol. The van der Waals surface area contributed by atoms with Crippen LogP contribution in [0.3, 0.4) is 0 Å². The fourth-order valence-corrected chi connectivity index (χ4v) is 5.10. The molecule has 4 unspecified atom stereocenters. The molecule has 4 amide bonds. The van der Waals surface area contributed by atoms with Gasteiger partial charge in [0.05, 0.1) is 22.4 Å². The van der Waals surface area contributed by atoms with Gasteiger partial charge in [0.2, 0.25) is 11.8 Å². The van der Waals surface area contributed by atoms with Crippen LogP contribution in [0.4, 0.5) is 16.2 Å². The van der Waals surface area contributed by atoms with Crippen molar-refractivity contribution in [3.05, 3.63) is 76.4 Å². The van der Waals surface area contributed by atoms with Gasteiger partial charge >= 0.3 is 12.0 Å². The Morgan fingerprint density at radius 1 is 1.16 bits per heavy atom. The molecular formula is C25H25N5O7. The number of imide groups is 1. The van der Waals surface area contributed by atoms with E-state index in [2.05, 4.69) is 10.6 Å². The third kappa shape index (κ3) is 4.78. The smallest absolute Gasteiger partial charge is 0.324 e. The molecule has 2 heterocycles. The van der Waals surface area contributed by atoms with Gasteiger partial charge in [0.25, 0.3) is 5.69 Å². The number of carbonyl (C=O) groups is 4. The maximum Gasteiger partial charge on any atom is 0.324 e. The molecule has 2 aromatic carbocycles. The van der Waals surface area contributed by atoms with Crippen molar-refractivity contribution in [2.24, 2.45) is 17.6 Å². The summed E-state index contributed by atoms with van der Waals surface area (Å²) in [5, 5.41) is 27.0. The van der Waals surface area contributed by atoms with Gasteiger partial charge in [0.1, 0.15) is 5.54 Å². The second kappa shape index (κ2) is 10.2. The summed E-state index contributed by atoms with van der Waals surface area (Å²) < 4.78 is 0. The Morgan fingerprint density at radius 2 is 1.89 bits per heavy atom. The molecule has 0 radical (unpaired) electrons. The molecule has 12 heteroatoms. The summed E-state index contributed by atoms with van der Waals surface area (Å²) in [4.78, 5) is 62.5. The number of nitro benzene ring substituents is 1. The third-order valence-corrected chi connectivity index (χ3v) is 6.72. The first kappa shape index (κ1) is 25.5. The molecule has 192 valence electrons. The van der Waals surface area contributed by atoms with E-state index in [1.165, 1.54) is 18.2 Å². The fraction of sp³-hybridized carbons (Fsp3) is 0.280. The minimum absolute atomic E-state index is 0.000858. The van der Waals surface area contributed by atoms with Crippen LogP contribution in [0.25, 0.3) is 6.08 Å². The highest BCUT2D eigenvalue weighted by Crippen LogP contribution is 2.47. The van der Waals surface area contributed by atoms with Crippen molar-refractivity contribution in [3.63, 3.8) is 0 Å². The Hall–Kier alpha value is -4.58. The van der Waals surface area contributed by atoms with Crippen LogP contribution in [-0.4, -0.2) is 52.0 Å². The second-order valence-corrected chi connectivity index (χ2v) is 8.90. The molecule has 0 saturated carbocycles. The zero-order valence-electron chi connectivity index (χ0n) is 19.6. The lowest BCUT2D eigenvalue weighted by molar-refractivity contribution is -0.384. The van der Waals surface area contributed by atoms with Gasteiger partial charge in [0, 0.05) is 24.7 Å². The lowest BCUT2D eigenvalue weighted by atomic mass is 9.77. The van der Waals surface area contributed by atoms with Crippen LogP contribution < -0.4 is 21.3 Å². The van der Waals surface area contributed by atoms with Gasteiger partial charge in [-0.2, -0.15) is 0 Å². The van der Waals surface area contributed by atoms with E-state index in [0.29, 0.717) is 0 Å².